The number of likely N-dealkylation sites (N-methyl/N-ethyl adjacent to an activating group) is 1. The first kappa shape index (κ1) is 22.3. The van der Waals surface area contributed by atoms with Gasteiger partial charge in [0.05, 0.1) is 19.2 Å². The van der Waals surface area contributed by atoms with Crippen molar-refractivity contribution in [3.63, 3.8) is 0 Å². The summed E-state index contributed by atoms with van der Waals surface area (Å²) < 4.78 is 5.29. The summed E-state index contributed by atoms with van der Waals surface area (Å²) in [4.78, 5) is 17.2. The first-order valence-electron chi connectivity index (χ1n) is 9.57. The number of hydrogen-bond acceptors (Lipinski definition) is 4. The van der Waals surface area contributed by atoms with Crippen LogP contribution in [0, 0.1) is 24.8 Å². The number of nitrogens with one attached hydrogen (secondary N) is 1. The molecule has 1 amide bonds. The summed E-state index contributed by atoms with van der Waals surface area (Å²) in [7, 11) is 0. The summed E-state index contributed by atoms with van der Waals surface area (Å²) in [6.45, 7) is 12.5. The maximum absolute atomic E-state index is 11.9. The molecule has 6 heteroatoms. The van der Waals surface area contributed by atoms with Gasteiger partial charge >= 0.3 is 6.09 Å². The highest BCUT2D eigenvalue weighted by Gasteiger charge is 2.07. The molecular formula is C24H24N4O2. The van der Waals surface area contributed by atoms with Gasteiger partial charge in [0.1, 0.15) is 6.61 Å². The molecule has 0 aliphatic carbocycles. The summed E-state index contributed by atoms with van der Waals surface area (Å²) in [5, 5.41) is 11.4. The smallest absolute Gasteiger partial charge is 0.411 e. The minimum Gasteiger partial charge on any atom is -0.447 e. The summed E-state index contributed by atoms with van der Waals surface area (Å²) in [5.74, 6) is 0. The lowest BCUT2D eigenvalue weighted by Gasteiger charge is -2.23. The fourth-order valence-electron chi connectivity index (χ4n) is 2.66. The van der Waals surface area contributed by atoms with E-state index in [-0.39, 0.29) is 12.3 Å². The number of ether oxygens (including phenoxy) is 1. The Kier molecular flexibility index (Phi) is 8.71. The van der Waals surface area contributed by atoms with Crippen LogP contribution in [0.25, 0.3) is 10.9 Å². The Labute approximate surface area is 177 Å². The third kappa shape index (κ3) is 7.18. The van der Waals surface area contributed by atoms with Crippen LogP contribution in [0.3, 0.4) is 0 Å². The van der Waals surface area contributed by atoms with Crippen molar-refractivity contribution >= 4 is 23.5 Å². The Bertz CT molecular complexity index is 962. The lowest BCUT2D eigenvalue weighted by Crippen LogP contribution is -2.28. The van der Waals surface area contributed by atoms with E-state index in [0.29, 0.717) is 12.2 Å². The second kappa shape index (κ2) is 11.7. The van der Waals surface area contributed by atoms with E-state index >= 15 is 0 Å². The first-order chi connectivity index (χ1) is 14.5. The van der Waals surface area contributed by atoms with Crippen LogP contribution in [0.15, 0.2) is 66.4 Å². The third-order valence-corrected chi connectivity index (χ3v) is 4.31. The van der Waals surface area contributed by atoms with Crippen LogP contribution < -0.4 is 10.2 Å². The summed E-state index contributed by atoms with van der Waals surface area (Å²) in [6.07, 6.45) is 4.53. The van der Waals surface area contributed by atoms with Crippen LogP contribution in [-0.4, -0.2) is 25.8 Å². The van der Waals surface area contributed by atoms with Crippen LogP contribution in [0.4, 0.5) is 16.2 Å². The molecule has 0 atom stereocenters. The van der Waals surface area contributed by atoms with Crippen LogP contribution in [0.2, 0.25) is 0 Å². The molecule has 0 aromatic heterocycles. The molecule has 0 heterocycles. The monoisotopic (exact) mass is 400 g/mol. The van der Waals surface area contributed by atoms with Crippen molar-refractivity contribution in [2.24, 2.45) is 0 Å². The number of benzene rings is 2. The van der Waals surface area contributed by atoms with Gasteiger partial charge in [-0.05, 0) is 49.8 Å². The van der Waals surface area contributed by atoms with E-state index in [1.807, 2.05) is 74.5 Å². The molecule has 2 aromatic rings. The number of rotatable bonds is 8. The van der Waals surface area contributed by atoms with Crippen molar-refractivity contribution in [1.82, 2.24) is 0 Å². The van der Waals surface area contributed by atoms with Crippen molar-refractivity contribution in [2.75, 3.05) is 29.9 Å². The van der Waals surface area contributed by atoms with Crippen molar-refractivity contribution in [3.8, 4) is 6.07 Å². The maximum atomic E-state index is 11.9. The molecule has 30 heavy (non-hydrogen) atoms. The highest BCUT2D eigenvalue weighted by Crippen LogP contribution is 2.16. The second-order valence-electron chi connectivity index (χ2n) is 6.43. The van der Waals surface area contributed by atoms with Crippen molar-refractivity contribution in [1.29, 1.82) is 5.26 Å². The minimum atomic E-state index is -0.473. The fourth-order valence-corrected chi connectivity index (χ4v) is 2.66. The number of amides is 1. The van der Waals surface area contributed by atoms with E-state index in [1.54, 1.807) is 6.08 Å². The standard InChI is InChI=1S/C24H24N4O2/c1-4-28(16-17-30-24(29)27-21-12-8-19(2)9-13-21)23-14-10-20(11-15-23)6-5-7-22(18-25)26-3/h5-15H,4,16-17H2,1-2H3,(H,27,29)/b6-5+,22-7-. The van der Waals surface area contributed by atoms with Crippen LogP contribution in [0.1, 0.15) is 18.1 Å². The van der Waals surface area contributed by atoms with Gasteiger partial charge in [0.15, 0.2) is 0 Å². The topological polar surface area (TPSA) is 69.7 Å². The van der Waals surface area contributed by atoms with Crippen molar-refractivity contribution < 1.29 is 9.53 Å². The molecule has 0 radical (unpaired) electrons. The van der Waals surface area contributed by atoms with Crippen molar-refractivity contribution in [3.05, 3.63) is 88.9 Å². The molecule has 0 aliphatic rings. The number of aryl methyl sites for hydroxylation is 1. The van der Waals surface area contributed by atoms with E-state index in [2.05, 4.69) is 15.1 Å². The van der Waals surface area contributed by atoms with Gasteiger partial charge in [-0.25, -0.2) is 14.9 Å². The molecule has 0 aliphatic heterocycles. The lowest BCUT2D eigenvalue weighted by atomic mass is 10.1. The number of anilines is 2. The molecule has 152 valence electrons. The van der Waals surface area contributed by atoms with Gasteiger partial charge in [-0.3, -0.25) is 5.32 Å². The highest BCUT2D eigenvalue weighted by molar-refractivity contribution is 5.84. The van der Waals surface area contributed by atoms with E-state index in [1.165, 1.54) is 6.08 Å². The highest BCUT2D eigenvalue weighted by atomic mass is 16.5. The molecule has 2 rings (SSSR count). The molecule has 2 aromatic carbocycles. The normalized spacial score (nSPS) is 10.9. The van der Waals surface area contributed by atoms with E-state index in [4.69, 9.17) is 16.6 Å². The molecule has 0 spiro atoms. The molecule has 0 saturated heterocycles. The Hall–Kier alpha value is -4.03. The van der Waals surface area contributed by atoms with Gasteiger partial charge in [0.2, 0.25) is 0 Å². The average Bonchev–Trinajstić information content (AvgIpc) is 2.76. The van der Waals surface area contributed by atoms with Gasteiger partial charge in [-0.2, -0.15) is 0 Å². The Morgan fingerprint density at radius 2 is 1.93 bits per heavy atom. The van der Waals surface area contributed by atoms with Crippen LogP contribution in [-0.2, 0) is 4.74 Å². The predicted octanol–water partition coefficient (Wildman–Crippen LogP) is 5.41. The number of carbonyl (C=O) groups excluding carboxylic acids is 1. The van der Waals surface area contributed by atoms with Gasteiger partial charge in [0, 0.05) is 17.9 Å². The molecular weight excluding hydrogens is 376 g/mol. The molecule has 0 saturated carbocycles. The zero-order valence-corrected chi connectivity index (χ0v) is 17.1. The molecule has 0 fully saturated rings. The van der Waals surface area contributed by atoms with E-state index in [9.17, 15) is 4.79 Å². The predicted molar refractivity (Wildman–Crippen MR) is 120 cm³/mol. The number of allylic oxidation sites excluding steroid dienone is 3. The molecule has 1 N–H and O–H groups in total. The average molecular weight is 400 g/mol. The van der Waals surface area contributed by atoms with Crippen LogP contribution in [0.5, 0.6) is 0 Å². The third-order valence-electron chi connectivity index (χ3n) is 4.31. The van der Waals surface area contributed by atoms with E-state index in [0.717, 1.165) is 23.4 Å². The number of nitrogens with zero attached hydrogens (tertiary/aromatic N) is 3. The number of hydrogen-bond donors (Lipinski definition) is 1. The molecule has 6 nitrogen and oxygen atoms in total. The zero-order chi connectivity index (χ0) is 21.8. The first-order valence-corrected chi connectivity index (χ1v) is 9.57. The molecule has 0 bridgehead atoms. The summed E-state index contributed by atoms with van der Waals surface area (Å²) in [6, 6.07) is 17.2. The Morgan fingerprint density at radius 1 is 1.23 bits per heavy atom. The SMILES string of the molecule is [C-]#[N+]/C(C#N)=C\C=C\c1ccc(N(CC)CCOC(=O)Nc2ccc(C)cc2)cc1. The lowest BCUT2D eigenvalue weighted by molar-refractivity contribution is 0.164. The molecule has 0 unspecified atom stereocenters. The fraction of sp³-hybridized carbons (Fsp3) is 0.208. The quantitative estimate of drug-likeness (QED) is 0.365. The Balaban J connectivity index is 1.85. The second-order valence-corrected chi connectivity index (χ2v) is 6.43. The van der Waals surface area contributed by atoms with Gasteiger partial charge in [-0.15, -0.1) is 0 Å². The number of carbonyl (C=O) groups is 1. The van der Waals surface area contributed by atoms with Crippen molar-refractivity contribution in [2.45, 2.75) is 13.8 Å². The van der Waals surface area contributed by atoms with Gasteiger partial charge in [-0.1, -0.05) is 42.0 Å². The summed E-state index contributed by atoms with van der Waals surface area (Å²) in [5.41, 5.74) is 3.86. The van der Waals surface area contributed by atoms with Gasteiger partial charge < -0.3 is 9.64 Å². The van der Waals surface area contributed by atoms with Gasteiger partial charge in [0.25, 0.3) is 5.70 Å². The zero-order valence-electron chi connectivity index (χ0n) is 17.1. The maximum Gasteiger partial charge on any atom is 0.411 e. The number of nitriles is 1. The summed E-state index contributed by atoms with van der Waals surface area (Å²) >= 11 is 0. The largest absolute Gasteiger partial charge is 0.447 e. The Morgan fingerprint density at radius 3 is 2.53 bits per heavy atom. The minimum absolute atomic E-state index is 0.0476. The van der Waals surface area contributed by atoms with E-state index < -0.39 is 6.09 Å². The van der Waals surface area contributed by atoms with Crippen LogP contribution >= 0.6 is 0 Å².